The summed E-state index contributed by atoms with van der Waals surface area (Å²) in [5.41, 5.74) is 0.606. The topological polar surface area (TPSA) is 76.1 Å². The predicted molar refractivity (Wildman–Crippen MR) is 91.1 cm³/mol. The van der Waals surface area contributed by atoms with Crippen LogP contribution in [-0.2, 0) is 9.53 Å². The normalized spacial score (nSPS) is 10.5. The number of carbonyl (C=O) groups excluding carboxylic acids is 1. The number of para-hydroxylation sites is 1. The average molecular weight is 359 g/mol. The van der Waals surface area contributed by atoms with Gasteiger partial charge in [0.05, 0.1) is 23.1 Å². The molecule has 22 heavy (non-hydrogen) atoms. The molecule has 0 atom stereocenters. The minimum absolute atomic E-state index is 0.137. The number of hydrogen-bond acceptors (Lipinski definition) is 7. The van der Waals surface area contributed by atoms with Gasteiger partial charge >= 0.3 is 0 Å². The Labute approximate surface area is 141 Å². The van der Waals surface area contributed by atoms with Gasteiger partial charge in [-0.05, 0) is 12.1 Å². The largest absolute Gasteiger partial charge is 0.383 e. The molecule has 118 valence electrons. The molecular formula is C13H15ClN4O2S2. The lowest BCUT2D eigenvalue weighted by atomic mass is 10.3. The van der Waals surface area contributed by atoms with Crippen LogP contribution in [-0.4, -0.2) is 42.1 Å². The average Bonchev–Trinajstić information content (AvgIpc) is 2.96. The highest BCUT2D eigenvalue weighted by atomic mass is 35.5. The smallest absolute Gasteiger partial charge is 0.234 e. The number of nitrogens with one attached hydrogen (secondary N) is 2. The summed E-state index contributed by atoms with van der Waals surface area (Å²) in [5.74, 6) is 0.111. The van der Waals surface area contributed by atoms with E-state index in [1.54, 1.807) is 19.2 Å². The van der Waals surface area contributed by atoms with Crippen molar-refractivity contribution >= 4 is 51.4 Å². The maximum absolute atomic E-state index is 11.9. The van der Waals surface area contributed by atoms with Gasteiger partial charge in [0.25, 0.3) is 0 Å². The molecule has 2 aromatic rings. The minimum atomic E-state index is -0.137. The first-order valence-electron chi connectivity index (χ1n) is 6.42. The molecule has 1 aromatic carbocycles. The summed E-state index contributed by atoms with van der Waals surface area (Å²) in [4.78, 5) is 11.9. The van der Waals surface area contributed by atoms with Crippen LogP contribution in [0.1, 0.15) is 0 Å². The second-order valence-corrected chi connectivity index (χ2v) is 6.72. The highest BCUT2D eigenvalue weighted by Gasteiger charge is 2.09. The van der Waals surface area contributed by atoms with Crippen LogP contribution in [0.2, 0.25) is 5.02 Å². The van der Waals surface area contributed by atoms with Crippen molar-refractivity contribution in [1.82, 2.24) is 10.2 Å². The Morgan fingerprint density at radius 3 is 3.00 bits per heavy atom. The van der Waals surface area contributed by atoms with Gasteiger partial charge < -0.3 is 15.4 Å². The quantitative estimate of drug-likeness (QED) is 0.558. The number of hydrogen-bond donors (Lipinski definition) is 2. The fourth-order valence-electron chi connectivity index (χ4n) is 1.48. The Balaban J connectivity index is 1.78. The predicted octanol–water partition coefficient (Wildman–Crippen LogP) is 2.98. The summed E-state index contributed by atoms with van der Waals surface area (Å²) in [7, 11) is 1.64. The van der Waals surface area contributed by atoms with Crippen molar-refractivity contribution in [2.24, 2.45) is 0 Å². The number of aromatic nitrogens is 2. The highest BCUT2D eigenvalue weighted by molar-refractivity contribution is 8.01. The number of methoxy groups -OCH3 is 1. The van der Waals surface area contributed by atoms with Gasteiger partial charge in [0.15, 0.2) is 4.34 Å². The first-order chi connectivity index (χ1) is 10.7. The number of halogens is 1. The summed E-state index contributed by atoms with van der Waals surface area (Å²) in [6.45, 7) is 1.27. The van der Waals surface area contributed by atoms with Crippen LogP contribution in [0, 0.1) is 0 Å². The maximum atomic E-state index is 11.9. The van der Waals surface area contributed by atoms with E-state index in [9.17, 15) is 4.79 Å². The fourth-order valence-corrected chi connectivity index (χ4v) is 3.24. The van der Waals surface area contributed by atoms with Crippen molar-refractivity contribution < 1.29 is 9.53 Å². The molecule has 0 unspecified atom stereocenters. The van der Waals surface area contributed by atoms with Crippen molar-refractivity contribution in [3.05, 3.63) is 29.3 Å². The molecule has 0 aliphatic carbocycles. The molecule has 2 rings (SSSR count). The van der Waals surface area contributed by atoms with Gasteiger partial charge in [-0.3, -0.25) is 4.79 Å². The second-order valence-electron chi connectivity index (χ2n) is 4.11. The van der Waals surface area contributed by atoms with Crippen molar-refractivity contribution in [3.63, 3.8) is 0 Å². The molecule has 0 saturated carbocycles. The van der Waals surface area contributed by atoms with Crippen molar-refractivity contribution in [2.45, 2.75) is 4.34 Å². The lowest BCUT2D eigenvalue weighted by Crippen LogP contribution is -2.14. The Kier molecular flexibility index (Phi) is 6.91. The maximum Gasteiger partial charge on any atom is 0.234 e. The van der Waals surface area contributed by atoms with Crippen LogP contribution in [0.3, 0.4) is 0 Å². The molecule has 2 N–H and O–H groups in total. The van der Waals surface area contributed by atoms with Gasteiger partial charge in [-0.1, -0.05) is 46.8 Å². The van der Waals surface area contributed by atoms with Crippen LogP contribution >= 0.6 is 34.7 Å². The molecule has 0 aliphatic rings. The first kappa shape index (κ1) is 17.0. The third-order valence-corrected chi connectivity index (χ3v) is 4.81. The van der Waals surface area contributed by atoms with Crippen LogP contribution < -0.4 is 10.6 Å². The Morgan fingerprint density at radius 2 is 2.23 bits per heavy atom. The molecular weight excluding hydrogens is 344 g/mol. The zero-order valence-electron chi connectivity index (χ0n) is 11.8. The van der Waals surface area contributed by atoms with Crippen molar-refractivity contribution in [3.8, 4) is 0 Å². The molecule has 0 spiro atoms. The van der Waals surface area contributed by atoms with E-state index in [4.69, 9.17) is 16.3 Å². The molecule has 1 heterocycles. The number of rotatable bonds is 8. The Bertz CT molecular complexity index is 624. The molecule has 0 fully saturated rings. The first-order valence-corrected chi connectivity index (χ1v) is 8.60. The van der Waals surface area contributed by atoms with E-state index >= 15 is 0 Å². The Morgan fingerprint density at radius 1 is 1.41 bits per heavy atom. The SMILES string of the molecule is COCCNc1nnc(SCC(=O)Nc2ccccc2Cl)s1. The van der Waals surface area contributed by atoms with E-state index in [-0.39, 0.29) is 11.7 Å². The van der Waals surface area contributed by atoms with Crippen LogP contribution in [0.25, 0.3) is 0 Å². The number of ether oxygens (including phenoxy) is 1. The number of nitrogens with zero attached hydrogens (tertiary/aromatic N) is 2. The summed E-state index contributed by atoms with van der Waals surface area (Å²) in [5, 5.41) is 15.1. The zero-order chi connectivity index (χ0) is 15.8. The summed E-state index contributed by atoms with van der Waals surface area (Å²) >= 11 is 8.72. The third kappa shape index (κ3) is 5.45. The number of carbonyl (C=O) groups is 1. The van der Waals surface area contributed by atoms with Crippen molar-refractivity contribution in [1.29, 1.82) is 0 Å². The standard InChI is InChI=1S/C13H15ClN4O2S2/c1-20-7-6-15-12-17-18-13(22-12)21-8-11(19)16-10-5-3-2-4-9(10)14/h2-5H,6-8H2,1H3,(H,15,17)(H,16,19). The lowest BCUT2D eigenvalue weighted by Gasteiger charge is -2.05. The van der Waals surface area contributed by atoms with Crippen LogP contribution in [0.4, 0.5) is 10.8 Å². The molecule has 6 nitrogen and oxygen atoms in total. The molecule has 0 saturated heterocycles. The number of thioether (sulfide) groups is 1. The number of benzene rings is 1. The van der Waals surface area contributed by atoms with E-state index < -0.39 is 0 Å². The van der Waals surface area contributed by atoms with Crippen LogP contribution in [0.5, 0.6) is 0 Å². The van der Waals surface area contributed by atoms with Gasteiger partial charge in [-0.15, -0.1) is 10.2 Å². The third-order valence-electron chi connectivity index (χ3n) is 2.46. The van der Waals surface area contributed by atoms with Gasteiger partial charge in [0, 0.05) is 13.7 Å². The van der Waals surface area contributed by atoms with Gasteiger partial charge in [-0.25, -0.2) is 0 Å². The molecule has 0 aliphatic heterocycles. The van der Waals surface area contributed by atoms with E-state index in [0.29, 0.717) is 29.0 Å². The number of anilines is 2. The van der Waals surface area contributed by atoms with E-state index in [1.165, 1.54) is 23.1 Å². The van der Waals surface area contributed by atoms with Crippen LogP contribution in [0.15, 0.2) is 28.6 Å². The molecule has 1 aromatic heterocycles. The van der Waals surface area contributed by atoms with Gasteiger partial charge in [0.2, 0.25) is 11.0 Å². The number of amides is 1. The summed E-state index contributed by atoms with van der Waals surface area (Å²) in [6, 6.07) is 7.12. The minimum Gasteiger partial charge on any atom is -0.383 e. The van der Waals surface area contributed by atoms with Gasteiger partial charge in [-0.2, -0.15) is 0 Å². The van der Waals surface area contributed by atoms with E-state index in [1.807, 2.05) is 12.1 Å². The lowest BCUT2D eigenvalue weighted by molar-refractivity contribution is -0.113. The molecule has 0 radical (unpaired) electrons. The molecule has 9 heteroatoms. The summed E-state index contributed by atoms with van der Waals surface area (Å²) in [6.07, 6.45) is 0. The summed E-state index contributed by atoms with van der Waals surface area (Å²) < 4.78 is 5.67. The van der Waals surface area contributed by atoms with E-state index in [0.717, 1.165) is 4.34 Å². The fraction of sp³-hybridized carbons (Fsp3) is 0.308. The Hall–Kier alpha value is -1.35. The van der Waals surface area contributed by atoms with Gasteiger partial charge in [0.1, 0.15) is 0 Å². The molecule has 0 bridgehead atoms. The highest BCUT2D eigenvalue weighted by Crippen LogP contribution is 2.26. The van der Waals surface area contributed by atoms with Crippen molar-refractivity contribution in [2.75, 3.05) is 36.6 Å². The van der Waals surface area contributed by atoms with E-state index in [2.05, 4.69) is 20.8 Å². The monoisotopic (exact) mass is 358 g/mol. The molecule has 1 amide bonds. The second kappa shape index (κ2) is 8.94. The zero-order valence-corrected chi connectivity index (χ0v) is 14.2.